The molecule has 5 nitrogen and oxygen atoms in total. The second kappa shape index (κ2) is 7.11. The summed E-state index contributed by atoms with van der Waals surface area (Å²) in [6.45, 7) is 2.04. The molecule has 116 valence electrons. The molecule has 0 radical (unpaired) electrons. The van der Waals surface area contributed by atoms with Crippen LogP contribution in [0.1, 0.15) is 5.56 Å². The number of carbonyl (C=O) groups is 1. The molecule has 6 heteroatoms. The van der Waals surface area contributed by atoms with Crippen molar-refractivity contribution in [2.45, 2.75) is 11.8 Å². The van der Waals surface area contributed by atoms with Gasteiger partial charge in [0.2, 0.25) is 18.2 Å². The molecule has 0 saturated carbocycles. The fourth-order valence-electron chi connectivity index (χ4n) is 2.01. The quantitative estimate of drug-likeness (QED) is 0.723. The first-order valence-corrected chi connectivity index (χ1v) is 8.05. The zero-order valence-corrected chi connectivity index (χ0v) is 13.3. The number of amides is 1. The van der Waals surface area contributed by atoms with E-state index in [2.05, 4.69) is 15.5 Å². The van der Waals surface area contributed by atoms with Crippen LogP contribution < -0.4 is 5.32 Å². The van der Waals surface area contributed by atoms with Gasteiger partial charge in [0.15, 0.2) is 0 Å². The number of hydrogen-bond acceptors (Lipinski definition) is 5. The van der Waals surface area contributed by atoms with Crippen molar-refractivity contribution >= 4 is 23.4 Å². The Hall–Kier alpha value is -2.60. The lowest BCUT2D eigenvalue weighted by atomic mass is 10.2. The minimum atomic E-state index is -0.0572. The molecule has 3 aromatic rings. The third-order valence-corrected chi connectivity index (χ3v) is 4.16. The summed E-state index contributed by atoms with van der Waals surface area (Å²) in [5, 5.41) is 10.4. The highest BCUT2D eigenvalue weighted by atomic mass is 32.2. The van der Waals surface area contributed by atoms with Crippen molar-refractivity contribution in [2.75, 3.05) is 11.1 Å². The van der Waals surface area contributed by atoms with Crippen LogP contribution in [0, 0.1) is 6.92 Å². The Morgan fingerprint density at radius 2 is 2.04 bits per heavy atom. The minimum absolute atomic E-state index is 0.0572. The molecular weight excluding hydrogens is 310 g/mol. The van der Waals surface area contributed by atoms with Crippen LogP contribution in [-0.4, -0.2) is 21.9 Å². The summed E-state index contributed by atoms with van der Waals surface area (Å²) in [4.78, 5) is 13.1. The summed E-state index contributed by atoms with van der Waals surface area (Å²) in [7, 11) is 0. The molecule has 1 amide bonds. The predicted molar refractivity (Wildman–Crippen MR) is 90.3 cm³/mol. The lowest BCUT2D eigenvalue weighted by molar-refractivity contribution is -0.113. The highest BCUT2D eigenvalue weighted by molar-refractivity contribution is 8.00. The van der Waals surface area contributed by atoms with Crippen LogP contribution in [0.4, 0.5) is 5.69 Å². The maximum absolute atomic E-state index is 12.1. The van der Waals surface area contributed by atoms with Gasteiger partial charge in [-0.1, -0.05) is 23.8 Å². The van der Waals surface area contributed by atoms with E-state index in [4.69, 9.17) is 4.42 Å². The van der Waals surface area contributed by atoms with E-state index in [0.29, 0.717) is 17.3 Å². The molecule has 3 rings (SSSR count). The number of nitrogens with zero attached hydrogens (tertiary/aromatic N) is 2. The zero-order valence-electron chi connectivity index (χ0n) is 12.5. The number of nitrogens with one attached hydrogen (secondary N) is 1. The normalized spacial score (nSPS) is 10.5. The molecule has 0 unspecified atom stereocenters. The predicted octanol–water partition coefficient (Wildman–Crippen LogP) is 3.78. The van der Waals surface area contributed by atoms with Gasteiger partial charge in [-0.15, -0.1) is 22.0 Å². The highest BCUT2D eigenvalue weighted by Gasteiger charge is 2.07. The summed E-state index contributed by atoms with van der Waals surface area (Å²) in [5.41, 5.74) is 2.68. The molecule has 1 heterocycles. The maximum atomic E-state index is 12.1. The van der Waals surface area contributed by atoms with Crippen LogP contribution in [0.3, 0.4) is 0 Å². The molecule has 23 heavy (non-hydrogen) atoms. The lowest BCUT2D eigenvalue weighted by Gasteiger charge is -2.06. The average Bonchev–Trinajstić information content (AvgIpc) is 3.09. The smallest absolute Gasteiger partial charge is 0.247 e. The van der Waals surface area contributed by atoms with Crippen molar-refractivity contribution in [2.24, 2.45) is 0 Å². The number of anilines is 1. The summed E-state index contributed by atoms with van der Waals surface area (Å²) < 4.78 is 5.16. The summed E-state index contributed by atoms with van der Waals surface area (Å²) in [5.74, 6) is 0.724. The average molecular weight is 325 g/mol. The monoisotopic (exact) mass is 325 g/mol. The number of aryl methyl sites for hydroxylation is 1. The number of carbonyl (C=O) groups excluding carboxylic acids is 1. The molecule has 0 aliphatic carbocycles. The van der Waals surface area contributed by atoms with Crippen LogP contribution in [-0.2, 0) is 4.79 Å². The van der Waals surface area contributed by atoms with Gasteiger partial charge in [-0.25, -0.2) is 0 Å². The van der Waals surface area contributed by atoms with Crippen molar-refractivity contribution in [1.29, 1.82) is 0 Å². The molecule has 1 N–H and O–H groups in total. The van der Waals surface area contributed by atoms with Crippen LogP contribution >= 0.6 is 11.8 Å². The standard InChI is InChI=1S/C17H15N3O2S/c1-12-5-7-15(8-6-12)23-10-16(21)19-14-4-2-3-13(9-14)17-20-18-11-22-17/h2-9,11H,10H2,1H3,(H,19,21). The van der Waals surface area contributed by atoms with E-state index in [0.717, 1.165) is 10.5 Å². The highest BCUT2D eigenvalue weighted by Crippen LogP contribution is 2.21. The van der Waals surface area contributed by atoms with Crippen LogP contribution in [0.2, 0.25) is 0 Å². The Labute approximate surface area is 138 Å². The van der Waals surface area contributed by atoms with Crippen LogP contribution in [0.25, 0.3) is 11.5 Å². The molecular formula is C17H15N3O2S. The second-order valence-electron chi connectivity index (χ2n) is 4.97. The maximum Gasteiger partial charge on any atom is 0.247 e. The van der Waals surface area contributed by atoms with Crippen molar-refractivity contribution in [3.63, 3.8) is 0 Å². The van der Waals surface area contributed by atoms with E-state index in [1.54, 1.807) is 0 Å². The van der Waals surface area contributed by atoms with Crippen molar-refractivity contribution in [3.8, 4) is 11.5 Å². The van der Waals surface area contributed by atoms with Gasteiger partial charge in [0.05, 0.1) is 5.75 Å². The van der Waals surface area contributed by atoms with Crippen molar-refractivity contribution in [3.05, 3.63) is 60.5 Å². The molecule has 0 aliphatic heterocycles. The van der Waals surface area contributed by atoms with Gasteiger partial charge in [-0.2, -0.15) is 0 Å². The van der Waals surface area contributed by atoms with Crippen molar-refractivity contribution in [1.82, 2.24) is 10.2 Å². The lowest BCUT2D eigenvalue weighted by Crippen LogP contribution is -2.13. The molecule has 0 saturated heterocycles. The van der Waals surface area contributed by atoms with Gasteiger partial charge >= 0.3 is 0 Å². The van der Waals surface area contributed by atoms with Crippen molar-refractivity contribution < 1.29 is 9.21 Å². The van der Waals surface area contributed by atoms with Gasteiger partial charge < -0.3 is 9.73 Å². The Morgan fingerprint density at radius 1 is 1.22 bits per heavy atom. The first-order chi connectivity index (χ1) is 11.2. The third kappa shape index (κ3) is 4.20. The second-order valence-corrected chi connectivity index (χ2v) is 6.02. The third-order valence-electron chi connectivity index (χ3n) is 3.14. The molecule has 0 spiro atoms. The number of hydrogen-bond donors (Lipinski definition) is 1. The fraction of sp³-hybridized carbons (Fsp3) is 0.118. The molecule has 0 bridgehead atoms. The SMILES string of the molecule is Cc1ccc(SCC(=O)Nc2cccc(-c3nnco3)c2)cc1. The largest absolute Gasteiger partial charge is 0.423 e. The van der Waals surface area contributed by atoms with Gasteiger partial charge in [-0.05, 0) is 37.3 Å². The van der Waals surface area contributed by atoms with E-state index < -0.39 is 0 Å². The summed E-state index contributed by atoms with van der Waals surface area (Å²) >= 11 is 1.51. The van der Waals surface area contributed by atoms with Gasteiger partial charge in [0, 0.05) is 16.1 Å². The molecule has 0 atom stereocenters. The Balaban J connectivity index is 1.59. The topological polar surface area (TPSA) is 68.0 Å². The Kier molecular flexibility index (Phi) is 4.73. The van der Waals surface area contributed by atoms with Crippen LogP contribution in [0.5, 0.6) is 0 Å². The number of aromatic nitrogens is 2. The van der Waals surface area contributed by atoms with Gasteiger partial charge in [0.1, 0.15) is 0 Å². The fourth-order valence-corrected chi connectivity index (χ4v) is 2.71. The molecule has 1 aromatic heterocycles. The minimum Gasteiger partial charge on any atom is -0.423 e. The van der Waals surface area contributed by atoms with E-state index in [9.17, 15) is 4.79 Å². The first kappa shape index (κ1) is 15.3. The Morgan fingerprint density at radius 3 is 2.78 bits per heavy atom. The van der Waals surface area contributed by atoms with E-state index >= 15 is 0 Å². The summed E-state index contributed by atoms with van der Waals surface area (Å²) in [6.07, 6.45) is 1.28. The Bertz CT molecular complexity index is 786. The van der Waals surface area contributed by atoms with Gasteiger partial charge in [-0.3, -0.25) is 4.79 Å². The van der Waals surface area contributed by atoms with Crippen LogP contribution in [0.15, 0.2) is 64.2 Å². The molecule has 2 aromatic carbocycles. The van der Waals surface area contributed by atoms with Gasteiger partial charge in [0.25, 0.3) is 0 Å². The van der Waals surface area contributed by atoms with E-state index in [1.807, 2.05) is 55.5 Å². The van der Waals surface area contributed by atoms with E-state index in [1.165, 1.54) is 23.7 Å². The molecule has 0 aliphatic rings. The first-order valence-electron chi connectivity index (χ1n) is 7.06. The zero-order chi connectivity index (χ0) is 16.1. The number of benzene rings is 2. The number of rotatable bonds is 5. The molecule has 0 fully saturated rings. The van der Waals surface area contributed by atoms with E-state index in [-0.39, 0.29) is 5.91 Å². The number of thioether (sulfide) groups is 1. The summed E-state index contributed by atoms with van der Waals surface area (Å²) in [6, 6.07) is 15.4.